The van der Waals surface area contributed by atoms with Gasteiger partial charge in [-0.2, -0.15) is 0 Å². The van der Waals surface area contributed by atoms with E-state index in [1.165, 1.54) is 50.0 Å². The minimum absolute atomic E-state index is 0.361. The Morgan fingerprint density at radius 1 is 1.11 bits per heavy atom. The molecule has 2 nitrogen and oxygen atoms in total. The van der Waals surface area contributed by atoms with Gasteiger partial charge in [-0.1, -0.05) is 6.92 Å². The third-order valence-electron chi connectivity index (χ3n) is 5.59. The highest BCUT2D eigenvalue weighted by molar-refractivity contribution is 5.18. The second-order valence-electron chi connectivity index (χ2n) is 6.92. The van der Waals surface area contributed by atoms with Crippen LogP contribution in [0.1, 0.15) is 57.0 Å². The predicted molar refractivity (Wildman–Crippen MR) is 71.3 cm³/mol. The standard InChI is InChI=1S/C16H22N2/c1-2-14-3-4-17-15(18-14)16-8-11-5-12(9-16)7-13(6-11)10-16/h3-4,11-13H,2,5-10H2,1H3. The highest BCUT2D eigenvalue weighted by Crippen LogP contribution is 2.60. The van der Waals surface area contributed by atoms with E-state index >= 15 is 0 Å². The topological polar surface area (TPSA) is 25.8 Å². The van der Waals surface area contributed by atoms with E-state index in [2.05, 4.69) is 18.0 Å². The maximum absolute atomic E-state index is 4.87. The molecule has 0 aromatic carbocycles. The lowest BCUT2D eigenvalue weighted by molar-refractivity contribution is -0.00949. The fraction of sp³-hybridized carbons (Fsp3) is 0.750. The molecule has 18 heavy (non-hydrogen) atoms. The normalized spacial score (nSPS) is 41.3. The maximum atomic E-state index is 4.87. The molecule has 0 aliphatic heterocycles. The van der Waals surface area contributed by atoms with Gasteiger partial charge in [-0.3, -0.25) is 0 Å². The van der Waals surface area contributed by atoms with Crippen LogP contribution in [0.4, 0.5) is 0 Å². The van der Waals surface area contributed by atoms with Crippen LogP contribution in [0.5, 0.6) is 0 Å². The average Bonchev–Trinajstić information content (AvgIpc) is 2.37. The molecule has 0 amide bonds. The summed E-state index contributed by atoms with van der Waals surface area (Å²) < 4.78 is 0. The quantitative estimate of drug-likeness (QED) is 0.793. The summed E-state index contributed by atoms with van der Waals surface area (Å²) in [6.07, 6.45) is 11.6. The first-order valence-corrected chi connectivity index (χ1v) is 7.60. The molecule has 1 aromatic heterocycles. The first-order chi connectivity index (χ1) is 8.77. The molecule has 0 unspecified atom stereocenters. The summed E-state index contributed by atoms with van der Waals surface area (Å²) in [6, 6.07) is 2.07. The molecule has 96 valence electrons. The lowest BCUT2D eigenvalue weighted by atomic mass is 9.49. The molecule has 4 saturated carbocycles. The van der Waals surface area contributed by atoms with Gasteiger partial charge < -0.3 is 0 Å². The Morgan fingerprint density at radius 2 is 1.72 bits per heavy atom. The molecule has 5 rings (SSSR count). The molecule has 0 spiro atoms. The molecule has 4 bridgehead atoms. The number of nitrogens with zero attached hydrogens (tertiary/aromatic N) is 2. The van der Waals surface area contributed by atoms with Crippen molar-refractivity contribution < 1.29 is 0 Å². The Hall–Kier alpha value is -0.920. The zero-order chi connectivity index (χ0) is 12.2. The number of hydrogen-bond donors (Lipinski definition) is 0. The molecular weight excluding hydrogens is 220 g/mol. The second-order valence-corrected chi connectivity index (χ2v) is 6.92. The Balaban J connectivity index is 1.74. The second kappa shape index (κ2) is 3.79. The van der Waals surface area contributed by atoms with Gasteiger partial charge in [0.2, 0.25) is 0 Å². The van der Waals surface area contributed by atoms with Crippen LogP contribution in [-0.2, 0) is 11.8 Å². The molecule has 0 N–H and O–H groups in total. The Labute approximate surface area is 109 Å². The van der Waals surface area contributed by atoms with Crippen LogP contribution in [0.3, 0.4) is 0 Å². The van der Waals surface area contributed by atoms with Gasteiger partial charge >= 0.3 is 0 Å². The molecular formula is C16H22N2. The van der Waals surface area contributed by atoms with Crippen LogP contribution in [-0.4, -0.2) is 9.97 Å². The number of rotatable bonds is 2. The van der Waals surface area contributed by atoms with Crippen molar-refractivity contribution in [3.05, 3.63) is 23.8 Å². The Morgan fingerprint density at radius 3 is 2.28 bits per heavy atom. The molecule has 4 aliphatic rings. The zero-order valence-electron chi connectivity index (χ0n) is 11.2. The van der Waals surface area contributed by atoms with Crippen LogP contribution in [0.15, 0.2) is 12.3 Å². The van der Waals surface area contributed by atoms with E-state index in [0.717, 1.165) is 24.2 Å². The van der Waals surface area contributed by atoms with Gasteiger partial charge in [-0.25, -0.2) is 9.97 Å². The summed E-state index contributed by atoms with van der Waals surface area (Å²) in [5.74, 6) is 4.11. The van der Waals surface area contributed by atoms with E-state index in [-0.39, 0.29) is 0 Å². The van der Waals surface area contributed by atoms with Crippen molar-refractivity contribution >= 4 is 0 Å². The third kappa shape index (κ3) is 1.54. The zero-order valence-corrected chi connectivity index (χ0v) is 11.2. The van der Waals surface area contributed by atoms with Crippen molar-refractivity contribution in [1.82, 2.24) is 9.97 Å². The summed E-state index contributed by atoms with van der Waals surface area (Å²) in [5, 5.41) is 0. The first kappa shape index (κ1) is 11.0. The van der Waals surface area contributed by atoms with E-state index in [9.17, 15) is 0 Å². The molecule has 2 heteroatoms. The summed E-state index contributed by atoms with van der Waals surface area (Å²) in [5.41, 5.74) is 1.58. The largest absolute Gasteiger partial charge is 0.241 e. The molecule has 0 atom stereocenters. The van der Waals surface area contributed by atoms with Gasteiger partial charge in [-0.05, 0) is 68.8 Å². The van der Waals surface area contributed by atoms with Gasteiger partial charge in [0, 0.05) is 17.3 Å². The molecule has 1 aromatic rings. The SMILES string of the molecule is CCc1ccnc(C23CC4CC(CC(C4)C2)C3)n1. The predicted octanol–water partition coefficient (Wildman–Crippen LogP) is 3.51. The number of aryl methyl sites for hydroxylation is 1. The van der Waals surface area contributed by atoms with Gasteiger partial charge in [0.15, 0.2) is 0 Å². The highest BCUT2D eigenvalue weighted by Gasteiger charge is 2.53. The van der Waals surface area contributed by atoms with E-state index in [1.54, 1.807) is 0 Å². The van der Waals surface area contributed by atoms with E-state index in [0.29, 0.717) is 5.41 Å². The van der Waals surface area contributed by atoms with Crippen LogP contribution in [0, 0.1) is 17.8 Å². The first-order valence-electron chi connectivity index (χ1n) is 7.60. The highest BCUT2D eigenvalue weighted by atomic mass is 14.9. The number of aromatic nitrogens is 2. The summed E-state index contributed by atoms with van der Waals surface area (Å²) in [7, 11) is 0. The molecule has 4 fully saturated rings. The molecule has 0 saturated heterocycles. The summed E-state index contributed by atoms with van der Waals surface area (Å²) in [4.78, 5) is 9.54. The van der Waals surface area contributed by atoms with Crippen LogP contribution < -0.4 is 0 Å². The van der Waals surface area contributed by atoms with E-state index < -0.39 is 0 Å². The minimum Gasteiger partial charge on any atom is -0.241 e. The fourth-order valence-corrected chi connectivity index (χ4v) is 5.23. The summed E-state index contributed by atoms with van der Waals surface area (Å²) >= 11 is 0. The smallest absolute Gasteiger partial charge is 0.134 e. The van der Waals surface area contributed by atoms with E-state index in [4.69, 9.17) is 4.98 Å². The van der Waals surface area contributed by atoms with Gasteiger partial charge in [0.25, 0.3) is 0 Å². The van der Waals surface area contributed by atoms with Crippen molar-refractivity contribution in [3.8, 4) is 0 Å². The average molecular weight is 242 g/mol. The van der Waals surface area contributed by atoms with Crippen molar-refractivity contribution in [1.29, 1.82) is 0 Å². The van der Waals surface area contributed by atoms with Gasteiger partial charge in [0.1, 0.15) is 5.82 Å². The maximum Gasteiger partial charge on any atom is 0.134 e. The van der Waals surface area contributed by atoms with Crippen LogP contribution in [0.25, 0.3) is 0 Å². The lowest BCUT2D eigenvalue weighted by Gasteiger charge is -2.56. The van der Waals surface area contributed by atoms with Crippen molar-refractivity contribution in [2.45, 2.75) is 57.3 Å². The van der Waals surface area contributed by atoms with Crippen molar-refractivity contribution in [2.24, 2.45) is 17.8 Å². The van der Waals surface area contributed by atoms with Gasteiger partial charge in [-0.15, -0.1) is 0 Å². The summed E-state index contributed by atoms with van der Waals surface area (Å²) in [6.45, 7) is 2.19. The van der Waals surface area contributed by atoms with Gasteiger partial charge in [0.05, 0.1) is 0 Å². The lowest BCUT2D eigenvalue weighted by Crippen LogP contribution is -2.49. The van der Waals surface area contributed by atoms with Crippen LogP contribution in [0.2, 0.25) is 0 Å². The van der Waals surface area contributed by atoms with Crippen molar-refractivity contribution in [3.63, 3.8) is 0 Å². The van der Waals surface area contributed by atoms with Crippen LogP contribution >= 0.6 is 0 Å². The molecule has 4 aliphatic carbocycles. The Bertz CT molecular complexity index is 431. The minimum atomic E-state index is 0.361. The number of hydrogen-bond acceptors (Lipinski definition) is 2. The third-order valence-corrected chi connectivity index (χ3v) is 5.59. The Kier molecular flexibility index (Phi) is 2.30. The van der Waals surface area contributed by atoms with E-state index in [1.807, 2.05) is 6.20 Å². The van der Waals surface area contributed by atoms with Crippen molar-refractivity contribution in [2.75, 3.05) is 0 Å². The monoisotopic (exact) mass is 242 g/mol. The molecule has 0 radical (unpaired) electrons. The fourth-order valence-electron chi connectivity index (χ4n) is 5.23. The molecule has 1 heterocycles.